The molecule has 1 saturated carbocycles. The van der Waals surface area contributed by atoms with Gasteiger partial charge in [0.05, 0.1) is 26.2 Å². The van der Waals surface area contributed by atoms with Gasteiger partial charge in [0, 0.05) is 5.41 Å². The molecule has 15 heavy (non-hydrogen) atoms. The maximum Gasteiger partial charge on any atom is 0.306 e. The van der Waals surface area contributed by atoms with E-state index in [4.69, 9.17) is 9.47 Å². The van der Waals surface area contributed by atoms with Crippen molar-refractivity contribution in [1.29, 1.82) is 0 Å². The first-order valence-electron chi connectivity index (χ1n) is 5.85. The van der Waals surface area contributed by atoms with E-state index in [0.29, 0.717) is 18.4 Å². The zero-order chi connectivity index (χ0) is 10.9. The third kappa shape index (κ3) is 2.33. The molecule has 0 aromatic rings. The highest BCUT2D eigenvalue weighted by molar-refractivity contribution is 5.70. The maximum atomic E-state index is 11.4. The molecular formula is C12H20O3. The van der Waals surface area contributed by atoms with Crippen molar-refractivity contribution in [2.45, 2.75) is 45.1 Å². The predicted molar refractivity (Wildman–Crippen MR) is 56.4 cm³/mol. The molecule has 1 aliphatic heterocycles. The van der Waals surface area contributed by atoms with E-state index < -0.39 is 0 Å². The van der Waals surface area contributed by atoms with E-state index in [1.807, 2.05) is 0 Å². The fraction of sp³-hybridized carbons (Fsp3) is 0.917. The van der Waals surface area contributed by atoms with Gasteiger partial charge in [0.1, 0.15) is 0 Å². The number of rotatable bonds is 3. The van der Waals surface area contributed by atoms with E-state index >= 15 is 0 Å². The van der Waals surface area contributed by atoms with Gasteiger partial charge in [-0.1, -0.05) is 19.8 Å². The van der Waals surface area contributed by atoms with Crippen LogP contribution in [0.25, 0.3) is 0 Å². The van der Waals surface area contributed by atoms with Gasteiger partial charge in [-0.25, -0.2) is 0 Å². The van der Waals surface area contributed by atoms with E-state index in [9.17, 15) is 4.79 Å². The third-order valence-corrected chi connectivity index (χ3v) is 3.87. The fourth-order valence-electron chi connectivity index (χ4n) is 3.03. The van der Waals surface area contributed by atoms with Gasteiger partial charge in [-0.3, -0.25) is 4.79 Å². The monoisotopic (exact) mass is 212 g/mol. The molecule has 3 atom stereocenters. The summed E-state index contributed by atoms with van der Waals surface area (Å²) < 4.78 is 10.2. The number of epoxide rings is 1. The Kier molecular flexibility index (Phi) is 3.01. The fourth-order valence-corrected chi connectivity index (χ4v) is 3.03. The number of hydrogen-bond acceptors (Lipinski definition) is 3. The molecule has 2 aliphatic rings. The summed E-state index contributed by atoms with van der Waals surface area (Å²) in [7, 11) is 1.47. The van der Waals surface area contributed by atoms with E-state index in [1.165, 1.54) is 20.0 Å². The van der Waals surface area contributed by atoms with Gasteiger partial charge in [-0.2, -0.15) is 0 Å². The SMILES string of the molecule is COC(=O)CC1(C2CO2)CCCC(C)C1. The summed E-state index contributed by atoms with van der Waals surface area (Å²) in [5.41, 5.74) is 0.0881. The zero-order valence-corrected chi connectivity index (χ0v) is 9.62. The summed E-state index contributed by atoms with van der Waals surface area (Å²) in [6, 6.07) is 0. The van der Waals surface area contributed by atoms with Crippen LogP contribution >= 0.6 is 0 Å². The molecule has 0 amide bonds. The van der Waals surface area contributed by atoms with Crippen LogP contribution in [0.2, 0.25) is 0 Å². The van der Waals surface area contributed by atoms with Crippen molar-refractivity contribution in [2.24, 2.45) is 11.3 Å². The van der Waals surface area contributed by atoms with Crippen LogP contribution in [0.3, 0.4) is 0 Å². The van der Waals surface area contributed by atoms with Crippen molar-refractivity contribution >= 4 is 5.97 Å². The minimum atomic E-state index is -0.0837. The van der Waals surface area contributed by atoms with Crippen molar-refractivity contribution in [3.63, 3.8) is 0 Å². The first-order chi connectivity index (χ1) is 7.16. The Morgan fingerprint density at radius 1 is 1.60 bits per heavy atom. The topological polar surface area (TPSA) is 38.8 Å². The molecule has 0 spiro atoms. The molecule has 3 nitrogen and oxygen atoms in total. The van der Waals surface area contributed by atoms with Crippen molar-refractivity contribution in [3.8, 4) is 0 Å². The van der Waals surface area contributed by atoms with E-state index in [0.717, 1.165) is 19.4 Å². The van der Waals surface area contributed by atoms with Crippen LogP contribution in [-0.2, 0) is 14.3 Å². The summed E-state index contributed by atoms with van der Waals surface area (Å²) in [5.74, 6) is 0.632. The highest BCUT2D eigenvalue weighted by atomic mass is 16.6. The molecule has 3 unspecified atom stereocenters. The van der Waals surface area contributed by atoms with Crippen molar-refractivity contribution in [1.82, 2.24) is 0 Å². The molecular weight excluding hydrogens is 192 g/mol. The number of carbonyl (C=O) groups is 1. The molecule has 1 saturated heterocycles. The number of carbonyl (C=O) groups excluding carboxylic acids is 1. The van der Waals surface area contributed by atoms with E-state index in [-0.39, 0.29) is 11.4 Å². The Balaban J connectivity index is 2.05. The Bertz CT molecular complexity index is 247. The molecule has 86 valence electrons. The van der Waals surface area contributed by atoms with Crippen LogP contribution in [0.4, 0.5) is 0 Å². The zero-order valence-electron chi connectivity index (χ0n) is 9.62. The first-order valence-corrected chi connectivity index (χ1v) is 5.85. The molecule has 0 bridgehead atoms. The molecule has 1 heterocycles. The lowest BCUT2D eigenvalue weighted by atomic mass is 9.66. The third-order valence-electron chi connectivity index (χ3n) is 3.87. The first kappa shape index (κ1) is 10.9. The molecule has 0 aromatic heterocycles. The number of methoxy groups -OCH3 is 1. The molecule has 0 radical (unpaired) electrons. The number of ether oxygens (including phenoxy) is 2. The Morgan fingerprint density at radius 2 is 2.33 bits per heavy atom. The molecule has 0 aromatic carbocycles. The predicted octanol–water partition coefficient (Wildman–Crippen LogP) is 2.14. The average molecular weight is 212 g/mol. The van der Waals surface area contributed by atoms with Crippen LogP contribution in [0, 0.1) is 11.3 Å². The van der Waals surface area contributed by atoms with Crippen molar-refractivity contribution < 1.29 is 14.3 Å². The average Bonchev–Trinajstić information content (AvgIpc) is 3.00. The van der Waals surface area contributed by atoms with Gasteiger partial charge in [0.25, 0.3) is 0 Å². The molecule has 3 heteroatoms. The van der Waals surface area contributed by atoms with E-state index in [1.54, 1.807) is 0 Å². The van der Waals surface area contributed by atoms with Crippen LogP contribution in [0.1, 0.15) is 39.0 Å². The lowest BCUT2D eigenvalue weighted by Gasteiger charge is -2.38. The van der Waals surface area contributed by atoms with Gasteiger partial charge in [0.15, 0.2) is 0 Å². The Hall–Kier alpha value is -0.570. The van der Waals surface area contributed by atoms with Crippen LogP contribution in [0.5, 0.6) is 0 Å². The molecule has 2 rings (SSSR count). The second kappa shape index (κ2) is 4.12. The number of esters is 1. The minimum Gasteiger partial charge on any atom is -0.469 e. The summed E-state index contributed by atoms with van der Waals surface area (Å²) >= 11 is 0. The van der Waals surface area contributed by atoms with Crippen molar-refractivity contribution in [2.75, 3.05) is 13.7 Å². The van der Waals surface area contributed by atoms with Gasteiger partial charge in [-0.05, 0) is 18.8 Å². The quantitative estimate of drug-likeness (QED) is 0.531. The normalized spacial score (nSPS) is 39.9. The Labute approximate surface area is 91.1 Å². The van der Waals surface area contributed by atoms with Gasteiger partial charge < -0.3 is 9.47 Å². The highest BCUT2D eigenvalue weighted by Crippen LogP contribution is 2.49. The van der Waals surface area contributed by atoms with Gasteiger partial charge >= 0.3 is 5.97 Å². The van der Waals surface area contributed by atoms with Gasteiger partial charge in [0.2, 0.25) is 0 Å². The van der Waals surface area contributed by atoms with Crippen LogP contribution < -0.4 is 0 Å². The highest BCUT2D eigenvalue weighted by Gasteiger charge is 2.49. The number of hydrogen-bond donors (Lipinski definition) is 0. The Morgan fingerprint density at radius 3 is 2.87 bits per heavy atom. The summed E-state index contributed by atoms with van der Waals surface area (Å²) in [5, 5.41) is 0. The summed E-state index contributed by atoms with van der Waals surface area (Å²) in [4.78, 5) is 11.4. The molecule has 2 fully saturated rings. The minimum absolute atomic E-state index is 0.0837. The van der Waals surface area contributed by atoms with Gasteiger partial charge in [-0.15, -0.1) is 0 Å². The standard InChI is InChI=1S/C12H20O3/c1-9-4-3-5-12(6-9,10-8-15-10)7-11(13)14-2/h9-10H,3-8H2,1-2H3. The summed E-state index contributed by atoms with van der Waals surface area (Å²) in [6.45, 7) is 3.11. The van der Waals surface area contributed by atoms with Crippen LogP contribution in [-0.4, -0.2) is 25.8 Å². The lowest BCUT2D eigenvalue weighted by Crippen LogP contribution is -2.35. The largest absolute Gasteiger partial charge is 0.469 e. The molecule has 0 N–H and O–H groups in total. The maximum absolute atomic E-state index is 11.4. The second-order valence-corrected chi connectivity index (χ2v) is 5.14. The second-order valence-electron chi connectivity index (χ2n) is 5.14. The van der Waals surface area contributed by atoms with E-state index in [2.05, 4.69) is 6.92 Å². The lowest BCUT2D eigenvalue weighted by molar-refractivity contribution is -0.144. The summed E-state index contributed by atoms with van der Waals surface area (Å²) in [6.07, 6.45) is 5.61. The van der Waals surface area contributed by atoms with Crippen LogP contribution in [0.15, 0.2) is 0 Å². The molecule has 1 aliphatic carbocycles. The smallest absolute Gasteiger partial charge is 0.306 e. The van der Waals surface area contributed by atoms with Crippen molar-refractivity contribution in [3.05, 3.63) is 0 Å².